The van der Waals surface area contributed by atoms with Crippen LogP contribution in [0, 0.1) is 0 Å². The number of nitrogens with one attached hydrogen (secondary N) is 1. The van der Waals surface area contributed by atoms with Crippen LogP contribution < -0.4 is 10.2 Å². The van der Waals surface area contributed by atoms with Crippen LogP contribution in [0.3, 0.4) is 0 Å². The van der Waals surface area contributed by atoms with Gasteiger partial charge in [-0.1, -0.05) is 59.6 Å². The first kappa shape index (κ1) is 18.2. The van der Waals surface area contributed by atoms with Crippen molar-refractivity contribution in [3.8, 4) is 0 Å². The molecule has 0 atom stereocenters. The fourth-order valence-electron chi connectivity index (χ4n) is 2.41. The lowest BCUT2D eigenvalue weighted by Crippen LogP contribution is -2.20. The molecule has 0 aliphatic rings. The number of hydrogen-bond donors (Lipinski definition) is 1. The minimum Gasteiger partial charge on any atom is -0.355 e. The first-order chi connectivity index (χ1) is 12.5. The number of carbonyl (C=O) groups is 1. The maximum absolute atomic E-state index is 12.5. The van der Waals surface area contributed by atoms with Gasteiger partial charge in [-0.2, -0.15) is 0 Å². The number of benzene rings is 2. The van der Waals surface area contributed by atoms with E-state index in [0.29, 0.717) is 28.1 Å². The molecule has 0 unspecified atom stereocenters. The number of halogens is 2. The maximum Gasteiger partial charge on any atom is 0.274 e. The van der Waals surface area contributed by atoms with Crippen LogP contribution in [0.25, 0.3) is 0 Å². The third-order valence-corrected chi connectivity index (χ3v) is 4.37. The predicted octanol–water partition coefficient (Wildman–Crippen LogP) is 4.67. The Kier molecular flexibility index (Phi) is 5.71. The van der Waals surface area contributed by atoms with Crippen LogP contribution in [0.15, 0.2) is 60.9 Å². The number of carbonyl (C=O) groups excluding carboxylic acids is 1. The molecule has 132 valence electrons. The van der Waals surface area contributed by atoms with Crippen LogP contribution in [0.1, 0.15) is 16.1 Å². The molecule has 3 rings (SSSR count). The second kappa shape index (κ2) is 8.17. The Morgan fingerprint density at radius 3 is 2.42 bits per heavy atom. The Labute approximate surface area is 161 Å². The number of para-hydroxylation sites is 1. The third-order valence-electron chi connectivity index (χ3n) is 3.74. The fraction of sp³-hybridized carbons (Fsp3) is 0.105. The van der Waals surface area contributed by atoms with Crippen molar-refractivity contribution in [1.82, 2.24) is 9.97 Å². The summed E-state index contributed by atoms with van der Waals surface area (Å²) >= 11 is 12.2. The summed E-state index contributed by atoms with van der Waals surface area (Å²) in [6, 6.07) is 16.6. The molecule has 0 aliphatic carbocycles. The highest BCUT2D eigenvalue weighted by Crippen LogP contribution is 2.30. The first-order valence-corrected chi connectivity index (χ1v) is 8.62. The maximum atomic E-state index is 12.5. The molecular weight excluding hydrogens is 371 g/mol. The number of aromatic nitrogens is 2. The van der Waals surface area contributed by atoms with Crippen LogP contribution in [-0.2, 0) is 6.54 Å². The van der Waals surface area contributed by atoms with Crippen LogP contribution in [0.4, 0.5) is 11.5 Å². The second-order valence-electron chi connectivity index (χ2n) is 5.65. The van der Waals surface area contributed by atoms with Crippen LogP contribution >= 0.6 is 23.2 Å². The van der Waals surface area contributed by atoms with Crippen molar-refractivity contribution in [1.29, 1.82) is 0 Å². The molecule has 1 N–H and O–H groups in total. The van der Waals surface area contributed by atoms with E-state index in [0.717, 1.165) is 5.56 Å². The zero-order valence-electron chi connectivity index (χ0n) is 14.0. The second-order valence-corrected chi connectivity index (χ2v) is 6.47. The minimum atomic E-state index is -0.406. The van der Waals surface area contributed by atoms with Gasteiger partial charge in [0.25, 0.3) is 5.91 Å². The van der Waals surface area contributed by atoms with E-state index in [9.17, 15) is 4.79 Å². The molecule has 1 amide bonds. The summed E-state index contributed by atoms with van der Waals surface area (Å²) in [5.41, 5.74) is 1.73. The number of hydrogen-bond acceptors (Lipinski definition) is 4. The minimum absolute atomic E-state index is 0.228. The van der Waals surface area contributed by atoms with Crippen molar-refractivity contribution in [3.05, 3.63) is 82.2 Å². The molecule has 26 heavy (non-hydrogen) atoms. The lowest BCUT2D eigenvalue weighted by Gasteiger charge is -2.18. The van der Waals surface area contributed by atoms with Crippen LogP contribution in [-0.4, -0.2) is 22.9 Å². The number of nitrogens with zero attached hydrogens (tertiary/aromatic N) is 3. The van der Waals surface area contributed by atoms with Crippen molar-refractivity contribution in [2.75, 3.05) is 17.3 Å². The number of rotatable bonds is 5. The number of anilines is 2. The molecule has 0 saturated carbocycles. The summed E-state index contributed by atoms with van der Waals surface area (Å²) in [7, 11) is 1.90. The molecule has 2 aromatic carbocycles. The zero-order valence-corrected chi connectivity index (χ0v) is 15.5. The molecule has 7 heteroatoms. The largest absolute Gasteiger partial charge is 0.355 e. The van der Waals surface area contributed by atoms with Gasteiger partial charge < -0.3 is 10.2 Å². The van der Waals surface area contributed by atoms with Gasteiger partial charge in [0.1, 0.15) is 17.8 Å². The Balaban J connectivity index is 1.77. The van der Waals surface area contributed by atoms with E-state index in [2.05, 4.69) is 15.3 Å². The molecule has 0 saturated heterocycles. The summed E-state index contributed by atoms with van der Waals surface area (Å²) in [4.78, 5) is 22.7. The average molecular weight is 387 g/mol. The lowest BCUT2D eigenvalue weighted by molar-refractivity contribution is 0.102. The fourth-order valence-corrected chi connectivity index (χ4v) is 2.90. The topological polar surface area (TPSA) is 58.1 Å². The van der Waals surface area contributed by atoms with E-state index in [1.807, 2.05) is 42.3 Å². The van der Waals surface area contributed by atoms with Gasteiger partial charge >= 0.3 is 0 Å². The SMILES string of the molecule is CN(Cc1ccccc1)c1cc(C(=O)Nc2c(Cl)cccc2Cl)ncn1. The van der Waals surface area contributed by atoms with E-state index in [1.54, 1.807) is 24.3 Å². The summed E-state index contributed by atoms with van der Waals surface area (Å²) in [5.74, 6) is 0.232. The molecule has 1 aromatic heterocycles. The van der Waals surface area contributed by atoms with Crippen molar-refractivity contribution >= 4 is 40.6 Å². The summed E-state index contributed by atoms with van der Waals surface area (Å²) in [6.07, 6.45) is 1.36. The molecular formula is C19H16Cl2N4O. The van der Waals surface area contributed by atoms with Crippen LogP contribution in [0.2, 0.25) is 10.0 Å². The highest BCUT2D eigenvalue weighted by Gasteiger charge is 2.14. The van der Waals surface area contributed by atoms with E-state index >= 15 is 0 Å². The summed E-state index contributed by atoms with van der Waals surface area (Å²) in [6.45, 7) is 0.662. The zero-order chi connectivity index (χ0) is 18.5. The Hall–Kier alpha value is -2.63. The molecule has 0 spiro atoms. The normalized spacial score (nSPS) is 10.4. The van der Waals surface area contributed by atoms with Gasteiger partial charge in [0.2, 0.25) is 0 Å². The Morgan fingerprint density at radius 2 is 1.73 bits per heavy atom. The van der Waals surface area contributed by atoms with E-state index in [1.165, 1.54) is 6.33 Å². The Morgan fingerprint density at radius 1 is 1.04 bits per heavy atom. The van der Waals surface area contributed by atoms with Gasteiger partial charge in [0.15, 0.2) is 0 Å². The molecule has 0 aliphatic heterocycles. The van der Waals surface area contributed by atoms with Gasteiger partial charge in [-0.05, 0) is 17.7 Å². The molecule has 0 bridgehead atoms. The molecule has 0 radical (unpaired) electrons. The van der Waals surface area contributed by atoms with Crippen molar-refractivity contribution in [3.63, 3.8) is 0 Å². The molecule has 3 aromatic rings. The van der Waals surface area contributed by atoms with Gasteiger partial charge in [-0.3, -0.25) is 4.79 Å². The first-order valence-electron chi connectivity index (χ1n) is 7.87. The quantitative estimate of drug-likeness (QED) is 0.691. The standard InChI is InChI=1S/C19H16Cl2N4O/c1-25(11-13-6-3-2-4-7-13)17-10-16(22-12-23-17)19(26)24-18-14(20)8-5-9-15(18)21/h2-10,12H,11H2,1H3,(H,24,26). The summed E-state index contributed by atoms with van der Waals surface area (Å²) < 4.78 is 0. The smallest absolute Gasteiger partial charge is 0.274 e. The van der Waals surface area contributed by atoms with Crippen LogP contribution in [0.5, 0.6) is 0 Å². The molecule has 1 heterocycles. The van der Waals surface area contributed by atoms with Crippen molar-refractivity contribution < 1.29 is 4.79 Å². The highest BCUT2D eigenvalue weighted by atomic mass is 35.5. The molecule has 0 fully saturated rings. The lowest BCUT2D eigenvalue weighted by atomic mass is 10.2. The van der Waals surface area contributed by atoms with E-state index < -0.39 is 5.91 Å². The average Bonchev–Trinajstić information content (AvgIpc) is 2.65. The van der Waals surface area contributed by atoms with Crippen molar-refractivity contribution in [2.24, 2.45) is 0 Å². The van der Waals surface area contributed by atoms with E-state index in [4.69, 9.17) is 23.2 Å². The van der Waals surface area contributed by atoms with Gasteiger partial charge in [-0.15, -0.1) is 0 Å². The third kappa shape index (κ3) is 4.31. The predicted molar refractivity (Wildman–Crippen MR) is 105 cm³/mol. The Bertz CT molecular complexity index is 898. The monoisotopic (exact) mass is 386 g/mol. The van der Waals surface area contributed by atoms with Gasteiger partial charge in [-0.25, -0.2) is 9.97 Å². The van der Waals surface area contributed by atoms with E-state index in [-0.39, 0.29) is 5.69 Å². The number of amides is 1. The highest BCUT2D eigenvalue weighted by molar-refractivity contribution is 6.40. The summed E-state index contributed by atoms with van der Waals surface area (Å²) in [5, 5.41) is 3.42. The van der Waals surface area contributed by atoms with Gasteiger partial charge in [0.05, 0.1) is 15.7 Å². The van der Waals surface area contributed by atoms with Crippen molar-refractivity contribution in [2.45, 2.75) is 6.54 Å². The molecule has 5 nitrogen and oxygen atoms in total. The van der Waals surface area contributed by atoms with Gasteiger partial charge in [0, 0.05) is 19.7 Å².